The summed E-state index contributed by atoms with van der Waals surface area (Å²) in [7, 11) is 3.02. The van der Waals surface area contributed by atoms with Crippen molar-refractivity contribution in [3.05, 3.63) is 77.1 Å². The number of nitrogens with zero attached hydrogens (tertiary/aromatic N) is 3. The van der Waals surface area contributed by atoms with Crippen LogP contribution in [0.3, 0.4) is 0 Å². The number of anilines is 2. The maximum absolute atomic E-state index is 11.9. The summed E-state index contributed by atoms with van der Waals surface area (Å²) in [5.41, 5.74) is 0.0417. The highest BCUT2D eigenvalue weighted by atomic mass is 16.6. The highest BCUT2D eigenvalue weighted by molar-refractivity contribution is 5.88. The molecule has 156 valence electrons. The molecule has 4 aromatic rings. The first kappa shape index (κ1) is 19.9. The molecule has 0 atom stereocenters. The first-order valence-corrected chi connectivity index (χ1v) is 9.24. The Morgan fingerprint density at radius 2 is 1.74 bits per heavy atom. The Labute approximate surface area is 177 Å². The highest BCUT2D eigenvalue weighted by Gasteiger charge is 2.26. The lowest BCUT2D eigenvalue weighted by molar-refractivity contribution is -0.385. The van der Waals surface area contributed by atoms with Crippen LogP contribution in [0.25, 0.3) is 10.8 Å². The van der Waals surface area contributed by atoms with Crippen LogP contribution in [0.15, 0.2) is 67.0 Å². The van der Waals surface area contributed by atoms with E-state index in [9.17, 15) is 10.1 Å². The molecule has 31 heavy (non-hydrogen) atoms. The van der Waals surface area contributed by atoms with E-state index in [-0.39, 0.29) is 11.7 Å². The van der Waals surface area contributed by atoms with Gasteiger partial charge in [0.2, 0.25) is 5.82 Å². The minimum Gasteiger partial charge on any atom is -0.497 e. The smallest absolute Gasteiger partial charge is 0.373 e. The second-order valence-electron chi connectivity index (χ2n) is 6.40. The molecular weight excluding hydrogens is 400 g/mol. The van der Waals surface area contributed by atoms with Crippen LogP contribution in [0.2, 0.25) is 0 Å². The fraction of sp³-hybridized carbons (Fsp3) is 0.0909. The molecular formula is C22H18N4O5. The van der Waals surface area contributed by atoms with Crippen molar-refractivity contribution in [2.75, 3.05) is 19.5 Å². The van der Waals surface area contributed by atoms with Gasteiger partial charge in [-0.1, -0.05) is 36.4 Å². The number of rotatable bonds is 7. The van der Waals surface area contributed by atoms with Crippen LogP contribution < -0.4 is 19.5 Å². The first-order valence-electron chi connectivity index (χ1n) is 9.24. The molecule has 0 spiro atoms. The zero-order valence-electron chi connectivity index (χ0n) is 16.7. The summed E-state index contributed by atoms with van der Waals surface area (Å²) in [5, 5.41) is 16.6. The van der Waals surface area contributed by atoms with Crippen LogP contribution in [-0.2, 0) is 0 Å². The van der Waals surface area contributed by atoms with Gasteiger partial charge in [-0.2, -0.15) is 4.98 Å². The topological polar surface area (TPSA) is 109 Å². The van der Waals surface area contributed by atoms with E-state index in [1.165, 1.54) is 20.5 Å². The summed E-state index contributed by atoms with van der Waals surface area (Å²) in [6.45, 7) is 0. The monoisotopic (exact) mass is 418 g/mol. The van der Waals surface area contributed by atoms with Crippen LogP contribution in [-0.4, -0.2) is 29.1 Å². The third-order valence-electron chi connectivity index (χ3n) is 4.59. The molecule has 4 rings (SSSR count). The second-order valence-corrected chi connectivity index (χ2v) is 6.40. The van der Waals surface area contributed by atoms with E-state index in [2.05, 4.69) is 15.3 Å². The fourth-order valence-electron chi connectivity index (χ4n) is 3.12. The average molecular weight is 418 g/mol. The van der Waals surface area contributed by atoms with E-state index in [1.54, 1.807) is 24.3 Å². The molecule has 1 aromatic heterocycles. The Hall–Kier alpha value is -4.40. The van der Waals surface area contributed by atoms with E-state index >= 15 is 0 Å². The van der Waals surface area contributed by atoms with Crippen molar-refractivity contribution in [3.8, 4) is 23.1 Å². The molecule has 0 saturated carbocycles. The quantitative estimate of drug-likeness (QED) is 0.326. The Morgan fingerprint density at radius 3 is 2.52 bits per heavy atom. The molecule has 1 N–H and O–H groups in total. The zero-order chi connectivity index (χ0) is 21.8. The van der Waals surface area contributed by atoms with Crippen LogP contribution >= 0.6 is 0 Å². The molecule has 0 aliphatic carbocycles. The number of benzene rings is 3. The molecule has 0 fully saturated rings. The van der Waals surface area contributed by atoms with Crippen molar-refractivity contribution in [2.45, 2.75) is 0 Å². The van der Waals surface area contributed by atoms with Gasteiger partial charge in [0.15, 0.2) is 0 Å². The van der Waals surface area contributed by atoms with Crippen molar-refractivity contribution >= 4 is 28.0 Å². The largest absolute Gasteiger partial charge is 0.497 e. The highest BCUT2D eigenvalue weighted by Crippen LogP contribution is 2.39. The van der Waals surface area contributed by atoms with Crippen molar-refractivity contribution in [2.24, 2.45) is 0 Å². The predicted octanol–water partition coefficient (Wildman–Crippen LogP) is 5.09. The van der Waals surface area contributed by atoms with Gasteiger partial charge in [-0.3, -0.25) is 10.1 Å². The lowest BCUT2D eigenvalue weighted by Gasteiger charge is -2.13. The number of fused-ring (bicyclic) bond motifs is 1. The molecule has 0 bridgehead atoms. The van der Waals surface area contributed by atoms with Crippen LogP contribution in [0.4, 0.5) is 17.2 Å². The third-order valence-corrected chi connectivity index (χ3v) is 4.59. The molecule has 0 aliphatic rings. The molecule has 3 aromatic carbocycles. The van der Waals surface area contributed by atoms with E-state index < -0.39 is 10.6 Å². The van der Waals surface area contributed by atoms with Crippen LogP contribution in [0.1, 0.15) is 0 Å². The third kappa shape index (κ3) is 4.01. The summed E-state index contributed by atoms with van der Waals surface area (Å²) in [6, 6.07) is 18.1. The maximum atomic E-state index is 11.9. The number of nitro groups is 1. The van der Waals surface area contributed by atoms with Gasteiger partial charge in [0.1, 0.15) is 23.6 Å². The number of nitrogens with one attached hydrogen (secondary N) is 1. The lowest BCUT2D eigenvalue weighted by atomic mass is 10.1. The zero-order valence-corrected chi connectivity index (χ0v) is 16.7. The minimum absolute atomic E-state index is 0.0400. The average Bonchev–Trinajstić information content (AvgIpc) is 2.79. The standard InChI is InChI=1S/C22H18N4O5/c1-29-15-10-11-19(30-2)17(12-15)25-21-20(26(27)28)22(24-13-23-21)31-18-9-5-7-14-6-3-4-8-16(14)18/h3-13H,1-2H3,(H,23,24,25). The van der Waals surface area contributed by atoms with E-state index in [1.807, 2.05) is 36.4 Å². The van der Waals surface area contributed by atoms with Gasteiger partial charge in [-0.05, 0) is 23.6 Å². The summed E-state index contributed by atoms with van der Waals surface area (Å²) in [6.07, 6.45) is 1.20. The van der Waals surface area contributed by atoms with Gasteiger partial charge < -0.3 is 19.5 Å². The number of hydrogen-bond donors (Lipinski definition) is 1. The number of hydrogen-bond acceptors (Lipinski definition) is 8. The predicted molar refractivity (Wildman–Crippen MR) is 116 cm³/mol. The normalized spacial score (nSPS) is 10.5. The molecule has 9 heteroatoms. The molecule has 0 saturated heterocycles. The Bertz CT molecular complexity index is 1260. The van der Waals surface area contributed by atoms with Crippen molar-refractivity contribution in [3.63, 3.8) is 0 Å². The Kier molecular flexibility index (Phi) is 5.48. The van der Waals surface area contributed by atoms with Crippen LogP contribution in [0.5, 0.6) is 23.1 Å². The Balaban J connectivity index is 1.77. The van der Waals surface area contributed by atoms with Gasteiger partial charge >= 0.3 is 11.6 Å². The van der Waals surface area contributed by atoms with E-state index in [0.29, 0.717) is 22.9 Å². The van der Waals surface area contributed by atoms with Crippen molar-refractivity contribution < 1.29 is 19.1 Å². The van der Waals surface area contributed by atoms with Crippen molar-refractivity contribution in [1.29, 1.82) is 0 Å². The summed E-state index contributed by atoms with van der Waals surface area (Å²) in [5.74, 6) is 1.24. The molecule has 1 heterocycles. The summed E-state index contributed by atoms with van der Waals surface area (Å²) in [4.78, 5) is 19.4. The fourth-order valence-corrected chi connectivity index (χ4v) is 3.12. The molecule has 0 amide bonds. The first-order chi connectivity index (χ1) is 15.1. The van der Waals surface area contributed by atoms with Gasteiger partial charge in [0.05, 0.1) is 24.8 Å². The molecule has 9 nitrogen and oxygen atoms in total. The summed E-state index contributed by atoms with van der Waals surface area (Å²) >= 11 is 0. The maximum Gasteiger partial charge on any atom is 0.373 e. The molecule has 0 aliphatic heterocycles. The number of ether oxygens (including phenoxy) is 3. The molecule has 0 unspecified atom stereocenters. The second kappa shape index (κ2) is 8.54. The van der Waals surface area contributed by atoms with Crippen molar-refractivity contribution in [1.82, 2.24) is 9.97 Å². The Morgan fingerprint density at radius 1 is 0.935 bits per heavy atom. The summed E-state index contributed by atoms with van der Waals surface area (Å²) < 4.78 is 16.4. The van der Waals surface area contributed by atoms with Gasteiger partial charge in [-0.25, -0.2) is 4.98 Å². The molecule has 0 radical (unpaired) electrons. The SMILES string of the molecule is COc1ccc(OC)c(Nc2ncnc(Oc3cccc4ccccc34)c2[N+](=O)[O-])c1. The number of methoxy groups -OCH3 is 2. The van der Waals surface area contributed by atoms with Gasteiger partial charge in [0.25, 0.3) is 0 Å². The van der Waals surface area contributed by atoms with E-state index in [0.717, 1.165) is 10.8 Å². The van der Waals surface area contributed by atoms with Gasteiger partial charge in [-0.15, -0.1) is 0 Å². The minimum atomic E-state index is -0.588. The van der Waals surface area contributed by atoms with Crippen LogP contribution in [0, 0.1) is 10.1 Å². The van der Waals surface area contributed by atoms with Gasteiger partial charge in [0, 0.05) is 11.5 Å². The van der Waals surface area contributed by atoms with E-state index in [4.69, 9.17) is 14.2 Å². The number of aromatic nitrogens is 2. The lowest BCUT2D eigenvalue weighted by Crippen LogP contribution is -2.04.